The van der Waals surface area contributed by atoms with Gasteiger partial charge in [0.15, 0.2) is 0 Å². The first-order valence-corrected chi connectivity index (χ1v) is 8.12. The minimum absolute atomic E-state index is 0.00330. The molecule has 7 heteroatoms. The molecule has 0 amide bonds. The molecule has 0 fully saturated rings. The van der Waals surface area contributed by atoms with Gasteiger partial charge in [0.25, 0.3) is 0 Å². The Morgan fingerprint density at radius 2 is 2.11 bits per heavy atom. The number of nitrogens with one attached hydrogen (secondary N) is 1. The molecule has 0 aromatic carbocycles. The van der Waals surface area contributed by atoms with Crippen molar-refractivity contribution in [3.63, 3.8) is 0 Å². The zero-order valence-electron chi connectivity index (χ0n) is 10.9. The third-order valence-electron chi connectivity index (χ3n) is 2.41. The summed E-state index contributed by atoms with van der Waals surface area (Å²) in [4.78, 5) is 3.75. The Morgan fingerprint density at radius 3 is 2.79 bits per heavy atom. The Balaban J connectivity index is 2.34. The standard InChI is InChI=1S/C12H19ClN2O3S/c1-2-3-9-18-10-5-8-15-19(16,17)11-6-4-7-14-12(11)13/h4,6-7,15H,2-3,5,8-10H2,1H3. The highest BCUT2D eigenvalue weighted by molar-refractivity contribution is 7.89. The van der Waals surface area contributed by atoms with Crippen molar-refractivity contribution in [2.75, 3.05) is 19.8 Å². The van der Waals surface area contributed by atoms with E-state index < -0.39 is 10.0 Å². The van der Waals surface area contributed by atoms with Crippen LogP contribution >= 0.6 is 11.6 Å². The van der Waals surface area contributed by atoms with Crippen LogP contribution in [0.5, 0.6) is 0 Å². The van der Waals surface area contributed by atoms with E-state index in [-0.39, 0.29) is 10.0 Å². The van der Waals surface area contributed by atoms with Crippen LogP contribution in [0.1, 0.15) is 26.2 Å². The van der Waals surface area contributed by atoms with E-state index in [1.165, 1.54) is 18.3 Å². The second-order valence-corrected chi connectivity index (χ2v) is 6.10. The van der Waals surface area contributed by atoms with E-state index in [1.807, 2.05) is 0 Å². The fourth-order valence-electron chi connectivity index (χ4n) is 1.38. The van der Waals surface area contributed by atoms with Crippen molar-refractivity contribution in [3.05, 3.63) is 23.5 Å². The molecule has 1 heterocycles. The van der Waals surface area contributed by atoms with E-state index in [1.54, 1.807) is 0 Å². The molecule has 0 aliphatic carbocycles. The summed E-state index contributed by atoms with van der Waals surface area (Å²) in [6.45, 7) is 3.68. The molecule has 1 aromatic rings. The molecule has 1 aromatic heterocycles. The lowest BCUT2D eigenvalue weighted by molar-refractivity contribution is 0.130. The minimum Gasteiger partial charge on any atom is -0.381 e. The van der Waals surface area contributed by atoms with Crippen molar-refractivity contribution in [3.8, 4) is 0 Å². The minimum atomic E-state index is -3.59. The fraction of sp³-hybridized carbons (Fsp3) is 0.583. The number of rotatable bonds is 9. The van der Waals surface area contributed by atoms with Crippen molar-refractivity contribution >= 4 is 21.6 Å². The highest BCUT2D eigenvalue weighted by atomic mass is 35.5. The van der Waals surface area contributed by atoms with Crippen molar-refractivity contribution in [1.29, 1.82) is 0 Å². The summed E-state index contributed by atoms with van der Waals surface area (Å²) >= 11 is 5.75. The third-order valence-corrected chi connectivity index (χ3v) is 4.32. The van der Waals surface area contributed by atoms with Crippen LogP contribution in [0.25, 0.3) is 0 Å². The monoisotopic (exact) mass is 306 g/mol. The maximum atomic E-state index is 11.9. The number of hydrogen-bond acceptors (Lipinski definition) is 4. The lowest BCUT2D eigenvalue weighted by Gasteiger charge is -2.07. The number of unbranched alkanes of at least 4 members (excludes halogenated alkanes) is 1. The Morgan fingerprint density at radius 1 is 1.37 bits per heavy atom. The van der Waals surface area contributed by atoms with Gasteiger partial charge in [0, 0.05) is 26.0 Å². The maximum Gasteiger partial charge on any atom is 0.243 e. The topological polar surface area (TPSA) is 68.3 Å². The molecule has 1 rings (SSSR count). The molecule has 19 heavy (non-hydrogen) atoms. The normalized spacial score (nSPS) is 11.7. The van der Waals surface area contributed by atoms with E-state index >= 15 is 0 Å². The Bertz CT molecular complexity index is 480. The number of sulfonamides is 1. The molecule has 0 unspecified atom stereocenters. The number of halogens is 1. The second kappa shape index (κ2) is 8.47. The highest BCUT2D eigenvalue weighted by Crippen LogP contribution is 2.17. The average Bonchev–Trinajstić information content (AvgIpc) is 2.38. The molecular formula is C12H19ClN2O3S. The molecule has 1 N–H and O–H groups in total. The number of ether oxygens (including phenoxy) is 1. The molecule has 0 aliphatic heterocycles. The predicted octanol–water partition coefficient (Wildman–Crippen LogP) is 2.22. The first kappa shape index (κ1) is 16.4. The predicted molar refractivity (Wildman–Crippen MR) is 74.8 cm³/mol. The molecular weight excluding hydrogens is 288 g/mol. The quantitative estimate of drug-likeness (QED) is 0.561. The van der Waals surface area contributed by atoms with Crippen LogP contribution in [0.3, 0.4) is 0 Å². The Hall–Kier alpha value is -0.690. The number of hydrogen-bond donors (Lipinski definition) is 1. The first-order chi connectivity index (χ1) is 9.08. The Labute approximate surface area is 119 Å². The van der Waals surface area contributed by atoms with Gasteiger partial charge in [0.1, 0.15) is 10.0 Å². The van der Waals surface area contributed by atoms with E-state index in [2.05, 4.69) is 16.6 Å². The molecule has 0 bridgehead atoms. The van der Waals surface area contributed by atoms with Crippen LogP contribution in [0.2, 0.25) is 5.15 Å². The van der Waals surface area contributed by atoms with Gasteiger partial charge < -0.3 is 4.74 Å². The van der Waals surface area contributed by atoms with Gasteiger partial charge in [-0.15, -0.1) is 0 Å². The van der Waals surface area contributed by atoms with Gasteiger partial charge in [-0.1, -0.05) is 24.9 Å². The fourth-order valence-corrected chi connectivity index (χ4v) is 2.90. The van der Waals surface area contributed by atoms with Gasteiger partial charge in [-0.05, 0) is 25.0 Å². The lowest BCUT2D eigenvalue weighted by Crippen LogP contribution is -2.26. The molecule has 0 radical (unpaired) electrons. The smallest absolute Gasteiger partial charge is 0.243 e. The maximum absolute atomic E-state index is 11.9. The van der Waals surface area contributed by atoms with Gasteiger partial charge in [-0.25, -0.2) is 18.1 Å². The van der Waals surface area contributed by atoms with Gasteiger partial charge in [-0.2, -0.15) is 0 Å². The van der Waals surface area contributed by atoms with Gasteiger partial charge in [0.05, 0.1) is 0 Å². The molecule has 0 spiro atoms. The van der Waals surface area contributed by atoms with Crippen molar-refractivity contribution in [1.82, 2.24) is 9.71 Å². The summed E-state index contributed by atoms with van der Waals surface area (Å²) < 4.78 is 31.6. The van der Waals surface area contributed by atoms with Crippen molar-refractivity contribution in [2.45, 2.75) is 31.1 Å². The zero-order valence-corrected chi connectivity index (χ0v) is 12.5. The summed E-state index contributed by atoms with van der Waals surface area (Å²) in [5, 5.41) is -0.0193. The first-order valence-electron chi connectivity index (χ1n) is 6.26. The largest absolute Gasteiger partial charge is 0.381 e. The second-order valence-electron chi connectivity index (χ2n) is 4.01. The third kappa shape index (κ3) is 5.86. The highest BCUT2D eigenvalue weighted by Gasteiger charge is 2.17. The van der Waals surface area contributed by atoms with Crippen LogP contribution in [-0.4, -0.2) is 33.2 Å². The van der Waals surface area contributed by atoms with Crippen LogP contribution in [0, 0.1) is 0 Å². The molecule has 5 nitrogen and oxygen atoms in total. The molecule has 0 atom stereocenters. The average molecular weight is 307 g/mol. The molecule has 0 saturated heterocycles. The van der Waals surface area contributed by atoms with Gasteiger partial charge in [0.2, 0.25) is 10.0 Å². The van der Waals surface area contributed by atoms with E-state index in [4.69, 9.17) is 16.3 Å². The van der Waals surface area contributed by atoms with Gasteiger partial charge >= 0.3 is 0 Å². The van der Waals surface area contributed by atoms with E-state index in [0.717, 1.165) is 19.4 Å². The molecule has 0 aliphatic rings. The van der Waals surface area contributed by atoms with Crippen molar-refractivity contribution < 1.29 is 13.2 Å². The summed E-state index contributed by atoms with van der Waals surface area (Å²) in [7, 11) is -3.59. The van der Waals surface area contributed by atoms with Crippen LogP contribution in [-0.2, 0) is 14.8 Å². The van der Waals surface area contributed by atoms with Crippen molar-refractivity contribution in [2.24, 2.45) is 0 Å². The summed E-state index contributed by atoms with van der Waals surface area (Å²) in [6, 6.07) is 2.96. The number of pyridine rings is 1. The lowest BCUT2D eigenvalue weighted by atomic mass is 10.4. The van der Waals surface area contributed by atoms with Crippen LogP contribution in [0.4, 0.5) is 0 Å². The summed E-state index contributed by atoms with van der Waals surface area (Å²) in [6.07, 6.45) is 4.19. The SMILES string of the molecule is CCCCOCCCNS(=O)(=O)c1cccnc1Cl. The Kier molecular flexibility index (Phi) is 7.30. The van der Waals surface area contributed by atoms with E-state index in [0.29, 0.717) is 19.6 Å². The molecule has 0 saturated carbocycles. The number of aromatic nitrogens is 1. The van der Waals surface area contributed by atoms with Gasteiger partial charge in [-0.3, -0.25) is 0 Å². The van der Waals surface area contributed by atoms with Crippen LogP contribution in [0.15, 0.2) is 23.2 Å². The van der Waals surface area contributed by atoms with Crippen LogP contribution < -0.4 is 4.72 Å². The zero-order chi connectivity index (χ0) is 14.1. The van der Waals surface area contributed by atoms with E-state index in [9.17, 15) is 8.42 Å². The summed E-state index contributed by atoms with van der Waals surface area (Å²) in [5.41, 5.74) is 0. The summed E-state index contributed by atoms with van der Waals surface area (Å²) in [5.74, 6) is 0. The number of nitrogens with zero attached hydrogens (tertiary/aromatic N) is 1. The molecule has 108 valence electrons.